The lowest BCUT2D eigenvalue weighted by atomic mass is 9.44. The Kier molecular flexibility index (Phi) is 10.2. The third kappa shape index (κ3) is 7.20. The Balaban J connectivity index is 0.000000166. The lowest BCUT2D eigenvalue weighted by Gasteiger charge is -2.59. The van der Waals surface area contributed by atoms with Crippen molar-refractivity contribution in [3.63, 3.8) is 0 Å². The Morgan fingerprint density at radius 2 is 1.46 bits per heavy atom. The third-order valence-corrected chi connectivity index (χ3v) is 13.7. The number of carbonyl (C=O) groups excluding carboxylic acids is 4. The Hall–Kier alpha value is -4.80. The van der Waals surface area contributed by atoms with E-state index in [1.165, 1.54) is 32.6 Å². The predicted octanol–water partition coefficient (Wildman–Crippen LogP) is 6.67. The molecule has 4 unspecified atom stereocenters. The van der Waals surface area contributed by atoms with Crippen molar-refractivity contribution in [2.75, 3.05) is 6.61 Å². The molecular weight excluding hydrogens is 721 g/mol. The van der Waals surface area contributed by atoms with Gasteiger partial charge < -0.3 is 29.6 Å². The largest absolute Gasteiger partial charge is 0.464 e. The first kappa shape index (κ1) is 39.0. The second kappa shape index (κ2) is 14.9. The third-order valence-electron chi connectivity index (χ3n) is 13.7. The molecule has 9 rings (SSSR count). The fourth-order valence-electron chi connectivity index (χ4n) is 11.1. The first-order chi connectivity index (χ1) is 27.3. The summed E-state index contributed by atoms with van der Waals surface area (Å²) in [4.78, 5) is 49.6. The van der Waals surface area contributed by atoms with Crippen molar-refractivity contribution in [3.8, 4) is 0 Å². The molecule has 10 heteroatoms. The van der Waals surface area contributed by atoms with Gasteiger partial charge in [-0.1, -0.05) is 106 Å². The number of epoxide rings is 2. The van der Waals surface area contributed by atoms with E-state index in [0.717, 1.165) is 28.7 Å². The number of nitrogens with one attached hydrogen (secondary N) is 2. The average molecular weight is 775 g/mol. The van der Waals surface area contributed by atoms with Gasteiger partial charge in [0.1, 0.15) is 30.5 Å². The molecule has 3 aromatic rings. The van der Waals surface area contributed by atoms with Crippen LogP contribution >= 0.6 is 0 Å². The number of esters is 2. The molecule has 3 saturated carbocycles. The van der Waals surface area contributed by atoms with E-state index in [2.05, 4.69) is 31.4 Å². The molecule has 6 aliphatic rings. The van der Waals surface area contributed by atoms with Crippen LogP contribution in [-0.4, -0.2) is 66.0 Å². The van der Waals surface area contributed by atoms with Gasteiger partial charge in [0.25, 0.3) is 11.7 Å². The minimum Gasteiger partial charge on any atom is -0.464 e. The summed E-state index contributed by atoms with van der Waals surface area (Å²) in [6, 6.07) is 26.7. The summed E-state index contributed by atoms with van der Waals surface area (Å²) in [5, 5.41) is 5.82. The Labute approximate surface area is 335 Å². The van der Waals surface area contributed by atoms with Gasteiger partial charge in [-0.3, -0.25) is 14.4 Å². The van der Waals surface area contributed by atoms with E-state index < -0.39 is 23.8 Å². The highest BCUT2D eigenvalue weighted by Gasteiger charge is 2.88. The molecular formula is C47H54N2O8. The van der Waals surface area contributed by atoms with Crippen molar-refractivity contribution in [3.05, 3.63) is 119 Å². The van der Waals surface area contributed by atoms with Gasteiger partial charge in [0.05, 0.1) is 6.04 Å². The van der Waals surface area contributed by atoms with E-state index in [1.54, 1.807) is 24.3 Å². The maximum Gasteiger partial charge on any atom is 0.336 e. The molecule has 2 N–H and O–H groups in total. The highest BCUT2D eigenvalue weighted by molar-refractivity contribution is 5.97. The molecule has 9 atom stereocenters. The number of rotatable bonds is 10. The number of benzene rings is 3. The first-order valence-electron chi connectivity index (χ1n) is 20.5. The van der Waals surface area contributed by atoms with E-state index in [9.17, 15) is 19.2 Å². The average Bonchev–Trinajstić information content (AvgIpc) is 4.07. The van der Waals surface area contributed by atoms with Crippen LogP contribution in [0.2, 0.25) is 0 Å². The molecule has 0 aromatic heterocycles. The van der Waals surface area contributed by atoms with Gasteiger partial charge in [-0.15, -0.1) is 0 Å². The summed E-state index contributed by atoms with van der Waals surface area (Å²) >= 11 is 0. The lowest BCUT2D eigenvalue weighted by molar-refractivity contribution is -0.147. The van der Waals surface area contributed by atoms with E-state index in [4.69, 9.17) is 18.9 Å². The summed E-state index contributed by atoms with van der Waals surface area (Å²) in [6.07, 6.45) is 7.05. The standard InChI is InChI=1S/C27H28N2O4.C20H26O4/c1-20(30)33-19-24(17-21-11-5-2-6-12-21)28-27(32)25(18-22-13-7-3-8-14-22)29-26(31)23-15-9-4-10-16-23;1-10-12-14-19(22-14)9-6-11-17(2,3)7-5-8-18(11,4)13(19)15-20(12,23-15)24-16(10)21/h2-16,24-25H,17-19H2,1H3,(H,28,32)(H,29,31);11,13-15H,5-9H2,1-4H3/t;11-,13?,14-,15?,18-,19+,20-/m.1/s1. The molecule has 2 saturated heterocycles. The van der Waals surface area contributed by atoms with Crippen LogP contribution in [0, 0.1) is 22.7 Å². The molecule has 0 bridgehead atoms. The van der Waals surface area contributed by atoms with E-state index in [-0.39, 0.29) is 47.6 Å². The zero-order valence-electron chi connectivity index (χ0n) is 33.5. The van der Waals surface area contributed by atoms with Crippen LogP contribution < -0.4 is 10.6 Å². The van der Waals surface area contributed by atoms with Crippen molar-refractivity contribution >= 4 is 23.8 Å². The van der Waals surface area contributed by atoms with Crippen LogP contribution in [-0.2, 0) is 46.2 Å². The second-order valence-electron chi connectivity index (χ2n) is 17.8. The van der Waals surface area contributed by atoms with Crippen LogP contribution in [0.3, 0.4) is 0 Å². The molecule has 0 radical (unpaired) electrons. The van der Waals surface area contributed by atoms with Crippen LogP contribution in [0.5, 0.6) is 0 Å². The van der Waals surface area contributed by atoms with E-state index in [1.807, 2.05) is 73.7 Å². The number of hydrogen-bond acceptors (Lipinski definition) is 8. The van der Waals surface area contributed by atoms with Gasteiger partial charge in [0, 0.05) is 36.0 Å². The van der Waals surface area contributed by atoms with Gasteiger partial charge in [-0.25, -0.2) is 4.79 Å². The van der Waals surface area contributed by atoms with Crippen molar-refractivity contribution < 1.29 is 38.1 Å². The van der Waals surface area contributed by atoms with Gasteiger partial charge >= 0.3 is 11.9 Å². The zero-order chi connectivity index (χ0) is 40.2. The summed E-state index contributed by atoms with van der Waals surface area (Å²) < 4.78 is 23.5. The molecule has 57 heavy (non-hydrogen) atoms. The lowest BCUT2D eigenvalue weighted by Crippen LogP contribution is -2.59. The van der Waals surface area contributed by atoms with Crippen molar-refractivity contribution in [2.24, 2.45) is 22.7 Å². The first-order valence-corrected chi connectivity index (χ1v) is 20.5. The molecule has 300 valence electrons. The minimum atomic E-state index is -0.796. The number of carbonyl (C=O) groups is 4. The normalized spacial score (nSPS) is 31.8. The molecule has 3 aliphatic heterocycles. The minimum absolute atomic E-state index is 0.00866. The highest BCUT2D eigenvalue weighted by Crippen LogP contribution is 2.77. The fraction of sp³-hybridized carbons (Fsp3) is 0.489. The molecule has 2 spiro atoms. The summed E-state index contributed by atoms with van der Waals surface area (Å²) in [7, 11) is 0. The number of hydrogen-bond donors (Lipinski definition) is 2. The molecule has 3 heterocycles. The Morgan fingerprint density at radius 1 is 0.825 bits per heavy atom. The topological polar surface area (TPSA) is 136 Å². The van der Waals surface area contributed by atoms with Crippen molar-refractivity contribution in [2.45, 2.75) is 115 Å². The van der Waals surface area contributed by atoms with E-state index in [0.29, 0.717) is 35.7 Å². The fourth-order valence-corrected chi connectivity index (χ4v) is 11.1. The quantitative estimate of drug-likeness (QED) is 0.172. The zero-order valence-corrected chi connectivity index (χ0v) is 33.5. The number of amides is 2. The van der Waals surface area contributed by atoms with Gasteiger partial charge in [-0.05, 0) is 79.0 Å². The summed E-state index contributed by atoms with van der Waals surface area (Å²) in [6.45, 7) is 10.6. The van der Waals surface area contributed by atoms with Crippen molar-refractivity contribution in [1.82, 2.24) is 10.6 Å². The number of fused-ring (bicyclic) bond motifs is 4. The van der Waals surface area contributed by atoms with Crippen LogP contribution in [0.1, 0.15) is 88.2 Å². The Bertz CT molecular complexity index is 2050. The molecule has 3 aliphatic carbocycles. The molecule has 3 aromatic carbocycles. The van der Waals surface area contributed by atoms with Gasteiger partial charge in [-0.2, -0.15) is 0 Å². The predicted molar refractivity (Wildman–Crippen MR) is 213 cm³/mol. The highest BCUT2D eigenvalue weighted by atomic mass is 16.8. The monoisotopic (exact) mass is 774 g/mol. The number of ether oxygens (including phenoxy) is 4. The Morgan fingerprint density at radius 3 is 2.11 bits per heavy atom. The molecule has 10 nitrogen and oxygen atoms in total. The second-order valence-corrected chi connectivity index (χ2v) is 17.8. The smallest absolute Gasteiger partial charge is 0.336 e. The van der Waals surface area contributed by atoms with Crippen molar-refractivity contribution in [1.29, 1.82) is 0 Å². The summed E-state index contributed by atoms with van der Waals surface area (Å²) in [5.74, 6) is -0.992. The molecule has 2 amide bonds. The van der Waals surface area contributed by atoms with Gasteiger partial charge in [0.15, 0.2) is 0 Å². The summed E-state index contributed by atoms with van der Waals surface area (Å²) in [5.41, 5.74) is 4.66. The van der Waals surface area contributed by atoms with E-state index >= 15 is 0 Å². The molecule has 5 fully saturated rings. The maximum atomic E-state index is 13.3. The van der Waals surface area contributed by atoms with Gasteiger partial charge in [0.2, 0.25) is 5.91 Å². The van der Waals surface area contributed by atoms with Crippen LogP contribution in [0.25, 0.3) is 0 Å². The van der Waals surface area contributed by atoms with Crippen LogP contribution in [0.15, 0.2) is 102 Å². The maximum absolute atomic E-state index is 13.3. The SMILES string of the molecule is CC(=O)OCC(Cc1ccccc1)NC(=O)C(Cc1ccccc1)NC(=O)c1ccccc1.CC1=C2[C@H]3O[C@]34CC[C@@H]3C(C)(C)CCC[C@@]3(C)C4C3O[C@@]23OC1=O. The van der Waals surface area contributed by atoms with Crippen LogP contribution in [0.4, 0.5) is 0 Å².